The first-order chi connectivity index (χ1) is 9.11. The van der Waals surface area contributed by atoms with Crippen molar-refractivity contribution in [3.05, 3.63) is 24.3 Å². The first-order valence-electron chi connectivity index (χ1n) is 6.01. The minimum absolute atomic E-state index is 0.129. The van der Waals surface area contributed by atoms with E-state index in [-0.39, 0.29) is 16.7 Å². The van der Waals surface area contributed by atoms with Gasteiger partial charge < -0.3 is 5.32 Å². The molecular weight excluding hydrogens is 300 g/mol. The highest BCUT2D eigenvalue weighted by Gasteiger charge is 2.27. The van der Waals surface area contributed by atoms with Crippen LogP contribution in [0.4, 0.5) is 5.69 Å². The monoisotopic (exact) mass is 318 g/mol. The summed E-state index contributed by atoms with van der Waals surface area (Å²) in [5, 5.41) is 2.68. The molecule has 1 aromatic rings. The van der Waals surface area contributed by atoms with Gasteiger partial charge in [-0.15, -0.1) is 11.6 Å². The van der Waals surface area contributed by atoms with Gasteiger partial charge in [-0.2, -0.15) is 0 Å². The molecular formula is C13H19ClN2O3S. The van der Waals surface area contributed by atoms with Gasteiger partial charge in [0.05, 0.1) is 10.3 Å². The maximum Gasteiger partial charge on any atom is 0.242 e. The Kier molecular flexibility index (Phi) is 5.18. The Labute approximate surface area is 125 Å². The molecule has 0 bridgehead atoms. The van der Waals surface area contributed by atoms with Crippen molar-refractivity contribution in [1.29, 1.82) is 0 Å². The zero-order chi connectivity index (χ0) is 15.6. The highest BCUT2D eigenvalue weighted by atomic mass is 35.5. The summed E-state index contributed by atoms with van der Waals surface area (Å²) in [7, 11) is -0.609. The summed E-state index contributed by atoms with van der Waals surface area (Å²) < 4.78 is 25.2. The fourth-order valence-electron chi connectivity index (χ4n) is 1.31. The second kappa shape index (κ2) is 6.11. The average molecular weight is 319 g/mol. The first kappa shape index (κ1) is 16.9. The minimum Gasteiger partial charge on any atom is -0.326 e. The van der Waals surface area contributed by atoms with Crippen LogP contribution in [0.5, 0.6) is 0 Å². The number of sulfonamides is 1. The molecule has 0 saturated carbocycles. The summed E-state index contributed by atoms with van der Waals surface area (Å²) in [6.07, 6.45) is 0. The Bertz CT molecular complexity index is 597. The third kappa shape index (κ3) is 3.71. The summed E-state index contributed by atoms with van der Waals surface area (Å²) in [6, 6.07) is 6.13. The number of alkyl halides is 1. The zero-order valence-electron chi connectivity index (χ0n) is 12.0. The van der Waals surface area contributed by atoms with Gasteiger partial charge in [0.25, 0.3) is 0 Å². The number of carbonyl (C=O) groups excluding carboxylic acids is 1. The topological polar surface area (TPSA) is 66.5 Å². The van der Waals surface area contributed by atoms with Crippen molar-refractivity contribution in [2.24, 2.45) is 5.41 Å². The van der Waals surface area contributed by atoms with Gasteiger partial charge in [0.15, 0.2) is 0 Å². The predicted molar refractivity (Wildman–Crippen MR) is 80.4 cm³/mol. The van der Waals surface area contributed by atoms with Crippen molar-refractivity contribution in [3.63, 3.8) is 0 Å². The lowest BCUT2D eigenvalue weighted by atomic mass is 9.95. The maximum absolute atomic E-state index is 12.0. The molecule has 112 valence electrons. The van der Waals surface area contributed by atoms with Gasteiger partial charge in [-0.1, -0.05) is 6.07 Å². The van der Waals surface area contributed by atoms with Crippen LogP contribution in [0.25, 0.3) is 0 Å². The van der Waals surface area contributed by atoms with E-state index < -0.39 is 15.4 Å². The summed E-state index contributed by atoms with van der Waals surface area (Å²) in [5.41, 5.74) is -0.297. The molecule has 7 heteroatoms. The van der Waals surface area contributed by atoms with Crippen LogP contribution in [0.2, 0.25) is 0 Å². The molecule has 5 nitrogen and oxygen atoms in total. The van der Waals surface area contributed by atoms with E-state index in [0.29, 0.717) is 5.69 Å². The van der Waals surface area contributed by atoms with Crippen molar-refractivity contribution in [2.75, 3.05) is 25.3 Å². The number of carbonyl (C=O) groups is 1. The average Bonchev–Trinajstić information content (AvgIpc) is 2.38. The lowest BCUT2D eigenvalue weighted by Crippen LogP contribution is -2.32. The molecule has 0 atom stereocenters. The quantitative estimate of drug-likeness (QED) is 0.846. The highest BCUT2D eigenvalue weighted by molar-refractivity contribution is 7.89. The van der Waals surface area contributed by atoms with E-state index >= 15 is 0 Å². The van der Waals surface area contributed by atoms with Crippen LogP contribution in [0.1, 0.15) is 13.8 Å². The van der Waals surface area contributed by atoms with E-state index in [0.717, 1.165) is 4.31 Å². The number of halogens is 1. The minimum atomic E-state index is -3.52. The van der Waals surface area contributed by atoms with Crippen molar-refractivity contribution in [2.45, 2.75) is 18.7 Å². The molecule has 0 aliphatic carbocycles. The van der Waals surface area contributed by atoms with Crippen molar-refractivity contribution in [3.8, 4) is 0 Å². The van der Waals surface area contributed by atoms with Gasteiger partial charge in [0.2, 0.25) is 15.9 Å². The molecule has 20 heavy (non-hydrogen) atoms. The van der Waals surface area contributed by atoms with Crippen LogP contribution in [0, 0.1) is 5.41 Å². The standard InChI is InChI=1S/C13H19ClN2O3S/c1-13(2,9-14)12(17)15-10-6-5-7-11(8-10)20(18,19)16(3)4/h5-8H,9H2,1-4H3,(H,15,17). The van der Waals surface area contributed by atoms with Crippen LogP contribution < -0.4 is 5.32 Å². The largest absolute Gasteiger partial charge is 0.326 e. The van der Waals surface area contributed by atoms with Gasteiger partial charge in [0.1, 0.15) is 0 Å². The number of amides is 1. The van der Waals surface area contributed by atoms with E-state index in [1.165, 1.54) is 26.2 Å². The summed E-state index contributed by atoms with van der Waals surface area (Å²) in [4.78, 5) is 12.1. The molecule has 0 spiro atoms. The number of nitrogens with one attached hydrogen (secondary N) is 1. The van der Waals surface area contributed by atoms with Crippen LogP contribution in [0.3, 0.4) is 0 Å². The van der Waals surface area contributed by atoms with Crippen molar-refractivity contribution >= 4 is 33.2 Å². The number of anilines is 1. The first-order valence-corrected chi connectivity index (χ1v) is 7.99. The van der Waals surface area contributed by atoms with Crippen LogP contribution in [0.15, 0.2) is 29.2 Å². The second-order valence-electron chi connectivity index (χ2n) is 5.29. The predicted octanol–water partition coefficient (Wildman–Crippen LogP) is 2.14. The van der Waals surface area contributed by atoms with Crippen LogP contribution in [-0.4, -0.2) is 38.6 Å². The number of hydrogen-bond donors (Lipinski definition) is 1. The third-order valence-corrected chi connectivity index (χ3v) is 5.30. The van der Waals surface area contributed by atoms with E-state index in [1.54, 1.807) is 26.0 Å². The number of hydrogen-bond acceptors (Lipinski definition) is 3. The van der Waals surface area contributed by atoms with Gasteiger partial charge in [0, 0.05) is 25.7 Å². The Balaban J connectivity index is 3.05. The molecule has 0 saturated heterocycles. The zero-order valence-corrected chi connectivity index (χ0v) is 13.5. The van der Waals surface area contributed by atoms with Gasteiger partial charge >= 0.3 is 0 Å². The van der Waals surface area contributed by atoms with E-state index in [1.807, 2.05) is 0 Å². The Hall–Kier alpha value is -1.11. The molecule has 0 aliphatic rings. The van der Waals surface area contributed by atoms with Gasteiger partial charge in [-0.3, -0.25) is 4.79 Å². The molecule has 1 N–H and O–H groups in total. The lowest BCUT2D eigenvalue weighted by Gasteiger charge is -2.20. The summed E-state index contributed by atoms with van der Waals surface area (Å²) in [6.45, 7) is 3.44. The van der Waals surface area contributed by atoms with E-state index in [4.69, 9.17) is 11.6 Å². The van der Waals surface area contributed by atoms with E-state index in [2.05, 4.69) is 5.32 Å². The van der Waals surface area contributed by atoms with E-state index in [9.17, 15) is 13.2 Å². The molecule has 1 rings (SSSR count). The normalized spacial score (nSPS) is 12.5. The van der Waals surface area contributed by atoms with Crippen molar-refractivity contribution in [1.82, 2.24) is 4.31 Å². The summed E-state index contributed by atoms with van der Waals surface area (Å²) >= 11 is 5.74. The van der Waals surface area contributed by atoms with Gasteiger partial charge in [-0.25, -0.2) is 12.7 Å². The molecule has 1 amide bonds. The number of benzene rings is 1. The van der Waals surface area contributed by atoms with Gasteiger partial charge in [-0.05, 0) is 32.0 Å². The molecule has 1 aromatic carbocycles. The molecule has 0 heterocycles. The Morgan fingerprint density at radius 3 is 2.45 bits per heavy atom. The van der Waals surface area contributed by atoms with Crippen LogP contribution >= 0.6 is 11.6 Å². The maximum atomic E-state index is 12.0. The fourth-order valence-corrected chi connectivity index (χ4v) is 2.38. The molecule has 0 unspecified atom stereocenters. The molecule has 0 aromatic heterocycles. The molecule has 0 aliphatic heterocycles. The highest BCUT2D eigenvalue weighted by Crippen LogP contribution is 2.22. The fraction of sp³-hybridized carbons (Fsp3) is 0.462. The smallest absolute Gasteiger partial charge is 0.242 e. The molecule has 0 radical (unpaired) electrons. The second-order valence-corrected chi connectivity index (χ2v) is 7.71. The molecule has 0 fully saturated rings. The van der Waals surface area contributed by atoms with Crippen molar-refractivity contribution < 1.29 is 13.2 Å². The number of nitrogens with zero attached hydrogens (tertiary/aromatic N) is 1. The Morgan fingerprint density at radius 1 is 1.35 bits per heavy atom. The lowest BCUT2D eigenvalue weighted by molar-refractivity contribution is -0.122. The third-order valence-electron chi connectivity index (χ3n) is 2.82. The SMILES string of the molecule is CN(C)S(=O)(=O)c1cccc(NC(=O)C(C)(C)CCl)c1. The Morgan fingerprint density at radius 2 is 1.95 bits per heavy atom. The summed E-state index contributed by atoms with van der Waals surface area (Å²) in [5.74, 6) is -0.0824. The number of rotatable bonds is 5. The van der Waals surface area contributed by atoms with Crippen LogP contribution in [-0.2, 0) is 14.8 Å².